The zero-order valence-corrected chi connectivity index (χ0v) is 18.3. The first-order chi connectivity index (χ1) is 11.5. The second-order valence-corrected chi connectivity index (χ2v) is 7.79. The van der Waals surface area contributed by atoms with Gasteiger partial charge in [0, 0.05) is 18.8 Å². The van der Waals surface area contributed by atoms with Gasteiger partial charge in [-0.2, -0.15) is 0 Å². The molecule has 0 aliphatic carbocycles. The molecule has 0 aromatic carbocycles. The Bertz CT molecular complexity index is 257. The van der Waals surface area contributed by atoms with Crippen LogP contribution in [0.5, 0.6) is 0 Å². The van der Waals surface area contributed by atoms with Crippen molar-refractivity contribution in [1.29, 1.82) is 0 Å². The monoisotopic (exact) mass is 379 g/mol. The van der Waals surface area contributed by atoms with Crippen LogP contribution in [0.25, 0.3) is 0 Å². The van der Waals surface area contributed by atoms with Crippen molar-refractivity contribution in [3.63, 3.8) is 0 Å². The van der Waals surface area contributed by atoms with Crippen LogP contribution in [-0.4, -0.2) is 31.5 Å². The first-order valence-electron chi connectivity index (χ1n) is 10.5. The molecule has 25 heavy (non-hydrogen) atoms. The number of rotatable bonds is 18. The molecule has 0 radical (unpaired) electrons. The topological polar surface area (TPSA) is 44.5 Å². The second kappa shape index (κ2) is 18.9. The Morgan fingerprint density at radius 3 is 1.64 bits per heavy atom. The van der Waals surface area contributed by atoms with Gasteiger partial charge in [-0.05, 0) is 26.7 Å². The fourth-order valence-corrected chi connectivity index (χ4v) is 2.76. The Labute approximate surface area is 164 Å². The van der Waals surface area contributed by atoms with Gasteiger partial charge in [-0.3, -0.25) is 0 Å². The molecular weight excluding hydrogens is 334 g/mol. The summed E-state index contributed by atoms with van der Waals surface area (Å²) in [6.07, 6.45) is 15.5. The molecule has 0 bridgehead atoms. The van der Waals surface area contributed by atoms with Crippen LogP contribution < -0.4 is 5.73 Å². The Morgan fingerprint density at radius 1 is 0.720 bits per heavy atom. The van der Waals surface area contributed by atoms with E-state index in [0.717, 1.165) is 26.1 Å². The Hall–Kier alpha value is 0.170. The number of unbranched alkanes of at least 4 members (excludes halogenated alkanes) is 10. The summed E-state index contributed by atoms with van der Waals surface area (Å²) in [5, 5.41) is 0. The highest BCUT2D eigenvalue weighted by molar-refractivity contribution is 5.85. The van der Waals surface area contributed by atoms with Crippen LogP contribution in [0.4, 0.5) is 0 Å². The first kappa shape index (κ1) is 27.4. The fourth-order valence-electron chi connectivity index (χ4n) is 2.76. The quantitative estimate of drug-likeness (QED) is 0.285. The van der Waals surface area contributed by atoms with Gasteiger partial charge in [0.05, 0.1) is 12.7 Å². The summed E-state index contributed by atoms with van der Waals surface area (Å²) in [5.74, 6) is 0. The Balaban J connectivity index is 0. The summed E-state index contributed by atoms with van der Waals surface area (Å²) in [6.45, 7) is 10.8. The van der Waals surface area contributed by atoms with Crippen LogP contribution >= 0.6 is 12.4 Å². The molecule has 0 saturated carbocycles. The predicted molar refractivity (Wildman–Crippen MR) is 113 cm³/mol. The lowest BCUT2D eigenvalue weighted by Crippen LogP contribution is -2.49. The minimum Gasteiger partial charge on any atom is -0.379 e. The maximum atomic E-state index is 6.25. The molecule has 154 valence electrons. The molecule has 0 rings (SSSR count). The molecule has 0 aliphatic rings. The van der Waals surface area contributed by atoms with E-state index < -0.39 is 0 Å². The van der Waals surface area contributed by atoms with Gasteiger partial charge in [0.25, 0.3) is 0 Å². The molecule has 0 saturated heterocycles. The molecule has 0 aliphatic heterocycles. The van der Waals surface area contributed by atoms with Crippen molar-refractivity contribution in [3.05, 3.63) is 0 Å². The lowest BCUT2D eigenvalue weighted by molar-refractivity contribution is -0.0494. The van der Waals surface area contributed by atoms with Gasteiger partial charge in [-0.25, -0.2) is 0 Å². The molecule has 0 aromatic heterocycles. The standard InChI is InChI=1S/C21H45NO2.ClH/c1-5-7-9-11-13-15-17-23-19-20(21(3,4)22)24-18-16-14-12-10-8-6-2;/h20H,5-19,22H2,1-4H3;1H. The molecule has 0 spiro atoms. The average molecular weight is 380 g/mol. The number of hydrogen-bond donors (Lipinski definition) is 1. The van der Waals surface area contributed by atoms with Gasteiger partial charge in [0.1, 0.15) is 0 Å². The smallest absolute Gasteiger partial charge is 0.0981 e. The molecule has 4 heteroatoms. The van der Waals surface area contributed by atoms with Gasteiger partial charge in [0.2, 0.25) is 0 Å². The fraction of sp³-hybridized carbons (Fsp3) is 1.00. The van der Waals surface area contributed by atoms with E-state index in [1.165, 1.54) is 64.2 Å². The van der Waals surface area contributed by atoms with Crippen molar-refractivity contribution in [2.75, 3.05) is 19.8 Å². The highest BCUT2D eigenvalue weighted by Gasteiger charge is 2.26. The van der Waals surface area contributed by atoms with Gasteiger partial charge in [0.15, 0.2) is 0 Å². The molecule has 3 nitrogen and oxygen atoms in total. The largest absolute Gasteiger partial charge is 0.379 e. The van der Waals surface area contributed by atoms with Crippen molar-refractivity contribution < 1.29 is 9.47 Å². The highest BCUT2D eigenvalue weighted by atomic mass is 35.5. The molecule has 1 atom stereocenters. The van der Waals surface area contributed by atoms with E-state index in [4.69, 9.17) is 15.2 Å². The van der Waals surface area contributed by atoms with Crippen molar-refractivity contribution in [2.24, 2.45) is 5.73 Å². The van der Waals surface area contributed by atoms with E-state index in [-0.39, 0.29) is 24.0 Å². The summed E-state index contributed by atoms with van der Waals surface area (Å²) in [7, 11) is 0. The van der Waals surface area contributed by atoms with Gasteiger partial charge in [-0.15, -0.1) is 12.4 Å². The molecular formula is C21H46ClNO2. The third kappa shape index (κ3) is 18.8. The van der Waals surface area contributed by atoms with E-state index in [0.29, 0.717) is 6.61 Å². The minimum absolute atomic E-state index is 0. The molecule has 2 N–H and O–H groups in total. The molecule has 1 unspecified atom stereocenters. The third-order valence-electron chi connectivity index (χ3n) is 4.56. The lowest BCUT2D eigenvalue weighted by Gasteiger charge is -2.30. The molecule has 0 amide bonds. The summed E-state index contributed by atoms with van der Waals surface area (Å²) >= 11 is 0. The first-order valence-corrected chi connectivity index (χ1v) is 10.5. The molecule has 0 fully saturated rings. The predicted octanol–water partition coefficient (Wildman–Crippen LogP) is 6.27. The number of halogens is 1. The van der Waals surface area contributed by atoms with E-state index in [2.05, 4.69) is 13.8 Å². The van der Waals surface area contributed by atoms with Crippen molar-refractivity contribution >= 4 is 12.4 Å². The summed E-state index contributed by atoms with van der Waals surface area (Å²) in [5.41, 5.74) is 5.91. The lowest BCUT2D eigenvalue weighted by atomic mass is 9.99. The van der Waals surface area contributed by atoms with E-state index >= 15 is 0 Å². The van der Waals surface area contributed by atoms with E-state index in [9.17, 15) is 0 Å². The van der Waals surface area contributed by atoms with Crippen LogP contribution in [0.1, 0.15) is 105 Å². The van der Waals surface area contributed by atoms with Gasteiger partial charge in [-0.1, -0.05) is 78.1 Å². The summed E-state index contributed by atoms with van der Waals surface area (Å²) in [6, 6.07) is 0. The Morgan fingerprint density at radius 2 is 1.16 bits per heavy atom. The highest BCUT2D eigenvalue weighted by Crippen LogP contribution is 2.13. The average Bonchev–Trinajstić information content (AvgIpc) is 2.53. The number of hydrogen-bond acceptors (Lipinski definition) is 3. The number of ether oxygens (including phenoxy) is 2. The second-order valence-electron chi connectivity index (χ2n) is 7.79. The van der Waals surface area contributed by atoms with Crippen LogP contribution in [0.3, 0.4) is 0 Å². The summed E-state index contributed by atoms with van der Waals surface area (Å²) in [4.78, 5) is 0. The van der Waals surface area contributed by atoms with Crippen molar-refractivity contribution in [3.8, 4) is 0 Å². The summed E-state index contributed by atoms with van der Waals surface area (Å²) < 4.78 is 11.9. The van der Waals surface area contributed by atoms with Gasteiger partial charge < -0.3 is 15.2 Å². The number of nitrogens with two attached hydrogens (primary N) is 1. The van der Waals surface area contributed by atoms with Crippen LogP contribution in [0.15, 0.2) is 0 Å². The van der Waals surface area contributed by atoms with Crippen LogP contribution in [0.2, 0.25) is 0 Å². The van der Waals surface area contributed by atoms with Crippen molar-refractivity contribution in [2.45, 2.75) is 116 Å². The van der Waals surface area contributed by atoms with Crippen molar-refractivity contribution in [1.82, 2.24) is 0 Å². The minimum atomic E-state index is -0.344. The van der Waals surface area contributed by atoms with E-state index in [1.54, 1.807) is 0 Å². The van der Waals surface area contributed by atoms with Gasteiger partial charge >= 0.3 is 0 Å². The SMILES string of the molecule is CCCCCCCCOCC(OCCCCCCCC)C(C)(C)N.Cl. The molecule has 0 aromatic rings. The van der Waals surface area contributed by atoms with E-state index in [1.807, 2.05) is 13.8 Å². The van der Waals surface area contributed by atoms with Crippen LogP contribution in [0, 0.1) is 0 Å². The third-order valence-corrected chi connectivity index (χ3v) is 4.56. The molecule has 0 heterocycles. The van der Waals surface area contributed by atoms with Crippen LogP contribution in [-0.2, 0) is 9.47 Å². The normalized spacial score (nSPS) is 12.8. The maximum absolute atomic E-state index is 6.25. The zero-order chi connectivity index (χ0) is 18.1. The Kier molecular flexibility index (Phi) is 20.8. The maximum Gasteiger partial charge on any atom is 0.0981 e. The zero-order valence-electron chi connectivity index (χ0n) is 17.5.